The molecule has 1 heterocycles. The van der Waals surface area contributed by atoms with Crippen LogP contribution in [-0.4, -0.2) is 21.9 Å². The molecule has 19 heavy (non-hydrogen) atoms. The number of rotatable bonds is 6. The molecule has 0 unspecified atom stereocenters. The molecule has 0 atom stereocenters. The summed E-state index contributed by atoms with van der Waals surface area (Å²) in [6.07, 6.45) is 3.79. The van der Waals surface area contributed by atoms with E-state index in [0.29, 0.717) is 12.2 Å². The Morgan fingerprint density at radius 1 is 1.37 bits per heavy atom. The van der Waals surface area contributed by atoms with Crippen molar-refractivity contribution in [2.75, 3.05) is 12.4 Å². The molecule has 2 rings (SSSR count). The van der Waals surface area contributed by atoms with Crippen molar-refractivity contribution in [1.29, 1.82) is 5.26 Å². The first kappa shape index (κ1) is 13.5. The standard InChI is InChI=1S/C14H15N3OS/c1-2-17-8-7-16-14(17)19-10-9-18-13-5-3-12(11-15)4-6-13/h3-8H,2,9-10H2,1H3. The van der Waals surface area contributed by atoms with Crippen molar-refractivity contribution in [2.24, 2.45) is 0 Å². The Morgan fingerprint density at radius 2 is 2.16 bits per heavy atom. The third-order valence-corrected chi connectivity index (χ3v) is 3.55. The molecule has 4 nitrogen and oxygen atoms in total. The topological polar surface area (TPSA) is 50.8 Å². The zero-order valence-corrected chi connectivity index (χ0v) is 11.6. The van der Waals surface area contributed by atoms with Gasteiger partial charge >= 0.3 is 0 Å². The zero-order valence-electron chi connectivity index (χ0n) is 10.7. The number of aromatic nitrogens is 2. The lowest BCUT2D eigenvalue weighted by Crippen LogP contribution is -2.02. The third-order valence-electron chi connectivity index (χ3n) is 2.58. The van der Waals surface area contributed by atoms with E-state index in [1.807, 2.05) is 24.5 Å². The Morgan fingerprint density at radius 3 is 2.84 bits per heavy atom. The van der Waals surface area contributed by atoms with Crippen molar-refractivity contribution in [2.45, 2.75) is 18.6 Å². The molecule has 0 saturated carbocycles. The van der Waals surface area contributed by atoms with Crippen LogP contribution < -0.4 is 4.74 Å². The number of benzene rings is 1. The van der Waals surface area contributed by atoms with Gasteiger partial charge in [-0.2, -0.15) is 5.26 Å². The minimum absolute atomic E-state index is 0.618. The van der Waals surface area contributed by atoms with E-state index in [1.54, 1.807) is 23.9 Å². The summed E-state index contributed by atoms with van der Waals surface area (Å²) >= 11 is 1.68. The van der Waals surface area contributed by atoms with Crippen molar-refractivity contribution in [3.63, 3.8) is 0 Å². The lowest BCUT2D eigenvalue weighted by Gasteiger charge is -2.06. The molecule has 0 spiro atoms. The second kappa shape index (κ2) is 6.86. The highest BCUT2D eigenvalue weighted by Crippen LogP contribution is 2.16. The van der Waals surface area contributed by atoms with Crippen molar-refractivity contribution >= 4 is 11.8 Å². The zero-order chi connectivity index (χ0) is 13.5. The van der Waals surface area contributed by atoms with Gasteiger partial charge in [0.15, 0.2) is 5.16 Å². The minimum Gasteiger partial charge on any atom is -0.493 e. The summed E-state index contributed by atoms with van der Waals surface area (Å²) in [5, 5.41) is 9.71. The maximum atomic E-state index is 8.69. The summed E-state index contributed by atoms with van der Waals surface area (Å²) in [4.78, 5) is 4.29. The fourth-order valence-electron chi connectivity index (χ4n) is 1.59. The van der Waals surface area contributed by atoms with Gasteiger partial charge in [0.25, 0.3) is 0 Å². The lowest BCUT2D eigenvalue weighted by atomic mass is 10.2. The maximum Gasteiger partial charge on any atom is 0.168 e. The largest absolute Gasteiger partial charge is 0.493 e. The predicted molar refractivity (Wildman–Crippen MR) is 75.3 cm³/mol. The predicted octanol–water partition coefficient (Wildman–Crippen LogP) is 2.95. The molecule has 0 radical (unpaired) electrons. The molecule has 2 aromatic rings. The van der Waals surface area contributed by atoms with Crippen molar-refractivity contribution in [1.82, 2.24) is 9.55 Å². The van der Waals surface area contributed by atoms with E-state index in [9.17, 15) is 0 Å². The van der Waals surface area contributed by atoms with E-state index in [4.69, 9.17) is 10.00 Å². The van der Waals surface area contributed by atoms with Gasteiger partial charge in [0, 0.05) is 24.7 Å². The van der Waals surface area contributed by atoms with E-state index < -0.39 is 0 Å². The van der Waals surface area contributed by atoms with Gasteiger partial charge in [-0.1, -0.05) is 11.8 Å². The molecular formula is C14H15N3OS. The molecule has 0 amide bonds. The minimum atomic E-state index is 0.618. The first-order chi connectivity index (χ1) is 9.33. The van der Waals surface area contributed by atoms with Crippen LogP contribution in [0.15, 0.2) is 41.8 Å². The van der Waals surface area contributed by atoms with Gasteiger partial charge in [-0.05, 0) is 31.2 Å². The summed E-state index contributed by atoms with van der Waals surface area (Å²) in [7, 11) is 0. The summed E-state index contributed by atoms with van der Waals surface area (Å²) in [5.41, 5.74) is 0.645. The van der Waals surface area contributed by atoms with Crippen LogP contribution in [-0.2, 0) is 6.54 Å². The number of nitrogens with zero attached hydrogens (tertiary/aromatic N) is 3. The first-order valence-electron chi connectivity index (χ1n) is 6.10. The Bertz CT molecular complexity index is 557. The fourth-order valence-corrected chi connectivity index (χ4v) is 2.43. The second-order valence-electron chi connectivity index (χ2n) is 3.83. The lowest BCUT2D eigenvalue weighted by molar-refractivity contribution is 0.344. The summed E-state index contributed by atoms with van der Waals surface area (Å²) in [5.74, 6) is 1.63. The molecule has 1 aromatic carbocycles. The van der Waals surface area contributed by atoms with Crippen molar-refractivity contribution < 1.29 is 4.74 Å². The molecule has 0 aliphatic heterocycles. The highest BCUT2D eigenvalue weighted by atomic mass is 32.2. The van der Waals surface area contributed by atoms with E-state index in [0.717, 1.165) is 23.2 Å². The molecule has 98 valence electrons. The van der Waals surface area contributed by atoms with Gasteiger partial charge < -0.3 is 9.30 Å². The average molecular weight is 273 g/mol. The molecule has 0 fully saturated rings. The number of hydrogen-bond acceptors (Lipinski definition) is 4. The normalized spacial score (nSPS) is 10.1. The second-order valence-corrected chi connectivity index (χ2v) is 4.89. The number of nitriles is 1. The van der Waals surface area contributed by atoms with Gasteiger partial charge in [0.1, 0.15) is 5.75 Å². The highest BCUT2D eigenvalue weighted by molar-refractivity contribution is 7.99. The number of aryl methyl sites for hydroxylation is 1. The number of hydrogen-bond donors (Lipinski definition) is 0. The Balaban J connectivity index is 1.76. The van der Waals surface area contributed by atoms with Crippen LogP contribution in [0.4, 0.5) is 0 Å². The maximum absolute atomic E-state index is 8.69. The first-order valence-corrected chi connectivity index (χ1v) is 7.09. The van der Waals surface area contributed by atoms with E-state index in [2.05, 4.69) is 22.5 Å². The van der Waals surface area contributed by atoms with Crippen molar-refractivity contribution in [3.8, 4) is 11.8 Å². The van der Waals surface area contributed by atoms with Crippen LogP contribution in [0, 0.1) is 11.3 Å². The Kier molecular flexibility index (Phi) is 4.87. The molecule has 1 aromatic heterocycles. The smallest absolute Gasteiger partial charge is 0.168 e. The summed E-state index contributed by atoms with van der Waals surface area (Å²) in [6, 6.07) is 9.23. The Labute approximate surface area is 117 Å². The van der Waals surface area contributed by atoms with Crippen LogP contribution in [0.1, 0.15) is 12.5 Å². The molecule has 0 N–H and O–H groups in total. The highest BCUT2D eigenvalue weighted by Gasteiger charge is 2.01. The Hall–Kier alpha value is -1.93. The SMILES string of the molecule is CCn1ccnc1SCCOc1ccc(C#N)cc1. The average Bonchev–Trinajstić information content (AvgIpc) is 2.91. The van der Waals surface area contributed by atoms with Crippen LogP contribution >= 0.6 is 11.8 Å². The number of thioether (sulfide) groups is 1. The monoisotopic (exact) mass is 273 g/mol. The number of imidazole rings is 1. The molecule has 0 saturated heterocycles. The number of ether oxygens (including phenoxy) is 1. The van der Waals surface area contributed by atoms with E-state index in [-0.39, 0.29) is 0 Å². The van der Waals surface area contributed by atoms with Gasteiger partial charge in [-0.15, -0.1) is 0 Å². The van der Waals surface area contributed by atoms with E-state index in [1.165, 1.54) is 0 Å². The third kappa shape index (κ3) is 3.76. The van der Waals surface area contributed by atoms with Crippen LogP contribution in [0.3, 0.4) is 0 Å². The quantitative estimate of drug-likeness (QED) is 0.600. The van der Waals surface area contributed by atoms with Crippen LogP contribution in [0.2, 0.25) is 0 Å². The van der Waals surface area contributed by atoms with Crippen molar-refractivity contribution in [3.05, 3.63) is 42.2 Å². The van der Waals surface area contributed by atoms with Gasteiger partial charge in [-0.25, -0.2) is 4.98 Å². The van der Waals surface area contributed by atoms with Gasteiger partial charge in [-0.3, -0.25) is 0 Å². The van der Waals surface area contributed by atoms with Gasteiger partial charge in [0.05, 0.1) is 18.2 Å². The van der Waals surface area contributed by atoms with Crippen LogP contribution in [0.25, 0.3) is 0 Å². The fraction of sp³-hybridized carbons (Fsp3) is 0.286. The van der Waals surface area contributed by atoms with Gasteiger partial charge in [0.2, 0.25) is 0 Å². The summed E-state index contributed by atoms with van der Waals surface area (Å²) < 4.78 is 7.71. The molecule has 0 aliphatic carbocycles. The molecule has 0 aliphatic rings. The molecule has 5 heteroatoms. The summed E-state index contributed by atoms with van der Waals surface area (Å²) in [6.45, 7) is 3.64. The molecule has 0 bridgehead atoms. The van der Waals surface area contributed by atoms with E-state index >= 15 is 0 Å². The van der Waals surface area contributed by atoms with Crippen LogP contribution in [0.5, 0.6) is 5.75 Å². The molecular weight excluding hydrogens is 258 g/mol.